The number of likely N-dealkylation sites (N-methyl/N-ethyl adjacent to an activating group) is 1. The number of allylic oxidation sites excluding steroid dienone is 1. The third kappa shape index (κ3) is 6.67. The topological polar surface area (TPSA) is 105 Å². The Labute approximate surface area is 189 Å². The summed E-state index contributed by atoms with van der Waals surface area (Å²) in [4.78, 5) is 52.1. The van der Waals surface area contributed by atoms with E-state index in [1.807, 2.05) is 44.2 Å². The number of nitrogens with zero attached hydrogens (tertiary/aromatic N) is 1. The van der Waals surface area contributed by atoms with Crippen LogP contribution in [0.25, 0.3) is 0 Å². The molecule has 1 aliphatic rings. The molecule has 1 saturated heterocycles. The molecule has 0 radical (unpaired) electrons. The van der Waals surface area contributed by atoms with Gasteiger partial charge in [-0.3, -0.25) is 14.4 Å². The maximum atomic E-state index is 13.4. The molecule has 1 heterocycles. The molecule has 4 amide bonds. The Bertz CT molecular complexity index is 824. The summed E-state index contributed by atoms with van der Waals surface area (Å²) in [5.74, 6) is -2.55. The lowest BCUT2D eigenvalue weighted by atomic mass is 9.81. The van der Waals surface area contributed by atoms with Gasteiger partial charge in [0.15, 0.2) is 0 Å². The number of cyclic esters (lactones) is 1. The van der Waals surface area contributed by atoms with Crippen molar-refractivity contribution in [2.24, 2.45) is 17.8 Å². The number of carbonyl (C=O) groups excluding carboxylic acids is 4. The number of nitrogens with one attached hydrogen (secondary N) is 2. The molecular weight excluding hydrogens is 410 g/mol. The molecule has 32 heavy (non-hydrogen) atoms. The second-order valence-corrected chi connectivity index (χ2v) is 8.34. The molecule has 8 nitrogen and oxygen atoms in total. The molecule has 1 aromatic carbocycles. The van der Waals surface area contributed by atoms with Crippen LogP contribution in [0.3, 0.4) is 0 Å². The van der Waals surface area contributed by atoms with Crippen LogP contribution in [0.5, 0.6) is 0 Å². The van der Waals surface area contributed by atoms with Crippen molar-refractivity contribution in [1.29, 1.82) is 0 Å². The Kier molecular flexibility index (Phi) is 9.43. The lowest BCUT2D eigenvalue weighted by Gasteiger charge is -2.29. The summed E-state index contributed by atoms with van der Waals surface area (Å²) in [6.45, 7) is 7.95. The zero-order chi connectivity index (χ0) is 23.7. The fraction of sp³-hybridized carbons (Fsp3) is 0.500. The van der Waals surface area contributed by atoms with E-state index in [9.17, 15) is 19.2 Å². The van der Waals surface area contributed by atoms with Crippen molar-refractivity contribution in [3.05, 3.63) is 48.6 Å². The van der Waals surface area contributed by atoms with Crippen LogP contribution in [0, 0.1) is 17.8 Å². The second kappa shape index (κ2) is 12.0. The third-order valence-corrected chi connectivity index (χ3v) is 5.47. The molecule has 1 fully saturated rings. The van der Waals surface area contributed by atoms with Gasteiger partial charge in [-0.2, -0.15) is 0 Å². The van der Waals surface area contributed by atoms with E-state index in [1.165, 1.54) is 7.05 Å². The van der Waals surface area contributed by atoms with E-state index < -0.39 is 35.8 Å². The van der Waals surface area contributed by atoms with E-state index in [1.54, 1.807) is 6.08 Å². The van der Waals surface area contributed by atoms with E-state index in [2.05, 4.69) is 17.2 Å². The van der Waals surface area contributed by atoms with Crippen LogP contribution in [-0.2, 0) is 25.5 Å². The first kappa shape index (κ1) is 25.1. The number of hydrogen-bond donors (Lipinski definition) is 2. The normalized spacial score (nSPS) is 16.1. The van der Waals surface area contributed by atoms with Crippen LogP contribution in [0.2, 0.25) is 0 Å². The Morgan fingerprint density at radius 1 is 1.16 bits per heavy atom. The molecule has 0 unspecified atom stereocenters. The Balaban J connectivity index is 2.27. The third-order valence-electron chi connectivity index (χ3n) is 5.47. The van der Waals surface area contributed by atoms with Crippen molar-refractivity contribution in [3.8, 4) is 0 Å². The van der Waals surface area contributed by atoms with Gasteiger partial charge in [-0.1, -0.05) is 50.3 Å². The lowest BCUT2D eigenvalue weighted by Crippen LogP contribution is -2.51. The average molecular weight is 444 g/mol. The number of carbonyl (C=O) groups is 4. The molecule has 0 saturated carbocycles. The molecule has 8 heteroatoms. The smallest absolute Gasteiger partial charge is 0.416 e. The van der Waals surface area contributed by atoms with Gasteiger partial charge in [0.05, 0.1) is 18.4 Å². The predicted octanol–water partition coefficient (Wildman–Crippen LogP) is 2.29. The van der Waals surface area contributed by atoms with Crippen molar-refractivity contribution in [1.82, 2.24) is 15.5 Å². The van der Waals surface area contributed by atoms with Gasteiger partial charge >= 0.3 is 6.09 Å². The number of imide groups is 1. The minimum atomic E-state index is -0.791. The van der Waals surface area contributed by atoms with Gasteiger partial charge in [-0.15, -0.1) is 6.58 Å². The zero-order valence-corrected chi connectivity index (χ0v) is 19.0. The number of benzene rings is 1. The van der Waals surface area contributed by atoms with Crippen LogP contribution >= 0.6 is 0 Å². The van der Waals surface area contributed by atoms with Crippen molar-refractivity contribution >= 4 is 23.8 Å². The van der Waals surface area contributed by atoms with Crippen molar-refractivity contribution in [3.63, 3.8) is 0 Å². The molecule has 0 aromatic heterocycles. The van der Waals surface area contributed by atoms with E-state index >= 15 is 0 Å². The fourth-order valence-electron chi connectivity index (χ4n) is 3.88. The summed E-state index contributed by atoms with van der Waals surface area (Å²) in [7, 11) is 1.51. The molecule has 0 bridgehead atoms. The van der Waals surface area contributed by atoms with E-state index in [0.717, 1.165) is 10.5 Å². The first-order valence-corrected chi connectivity index (χ1v) is 10.9. The van der Waals surface area contributed by atoms with E-state index in [0.29, 0.717) is 12.8 Å². The molecular formula is C24H33N3O5. The maximum absolute atomic E-state index is 13.4. The second-order valence-electron chi connectivity index (χ2n) is 8.34. The summed E-state index contributed by atoms with van der Waals surface area (Å²) >= 11 is 0. The summed E-state index contributed by atoms with van der Waals surface area (Å²) in [5.41, 5.74) is 0.903. The van der Waals surface area contributed by atoms with Crippen LogP contribution < -0.4 is 10.6 Å². The van der Waals surface area contributed by atoms with Crippen LogP contribution in [0.15, 0.2) is 43.0 Å². The number of rotatable bonds is 11. The first-order chi connectivity index (χ1) is 15.3. The Hall–Kier alpha value is -3.16. The quantitative estimate of drug-likeness (QED) is 0.511. The lowest BCUT2D eigenvalue weighted by molar-refractivity contribution is -0.140. The molecule has 2 N–H and O–H groups in total. The van der Waals surface area contributed by atoms with Gasteiger partial charge in [-0.05, 0) is 24.3 Å². The largest absolute Gasteiger partial charge is 0.447 e. The highest BCUT2D eigenvalue weighted by Gasteiger charge is 2.40. The molecule has 1 aliphatic heterocycles. The minimum Gasteiger partial charge on any atom is -0.447 e. The maximum Gasteiger partial charge on any atom is 0.416 e. The Morgan fingerprint density at radius 3 is 2.38 bits per heavy atom. The first-order valence-electron chi connectivity index (χ1n) is 10.9. The van der Waals surface area contributed by atoms with Gasteiger partial charge in [0, 0.05) is 13.5 Å². The zero-order valence-electron chi connectivity index (χ0n) is 19.0. The van der Waals surface area contributed by atoms with E-state index in [4.69, 9.17) is 4.74 Å². The molecule has 1 aromatic rings. The van der Waals surface area contributed by atoms with Crippen LogP contribution in [0.1, 0.15) is 32.3 Å². The molecule has 2 rings (SSSR count). The molecule has 174 valence electrons. The molecule has 0 spiro atoms. The monoisotopic (exact) mass is 443 g/mol. The van der Waals surface area contributed by atoms with E-state index in [-0.39, 0.29) is 31.4 Å². The van der Waals surface area contributed by atoms with Gasteiger partial charge < -0.3 is 15.4 Å². The number of amides is 4. The van der Waals surface area contributed by atoms with Crippen LogP contribution in [-0.4, -0.2) is 55.0 Å². The highest BCUT2D eigenvalue weighted by molar-refractivity contribution is 5.97. The highest BCUT2D eigenvalue weighted by atomic mass is 16.6. The van der Waals surface area contributed by atoms with Gasteiger partial charge in [0.2, 0.25) is 17.7 Å². The minimum absolute atomic E-state index is 0.115. The summed E-state index contributed by atoms with van der Waals surface area (Å²) in [5, 5.41) is 5.44. The van der Waals surface area contributed by atoms with Gasteiger partial charge in [-0.25, -0.2) is 9.69 Å². The SMILES string of the molecule is C=CC[C@@H](C(=O)N1CCOC1=O)[C@H](CC(C)C)C(=O)N[C@@H](Cc1ccccc1)C(=O)NC. The number of hydrogen-bond acceptors (Lipinski definition) is 5. The standard InChI is InChI=1S/C24H33N3O5/c1-5-9-18(23(30)27-12-13-32-24(27)31)19(14-16(2)3)21(28)26-20(22(29)25-4)15-17-10-7-6-8-11-17/h5-8,10-11,16,18-20H,1,9,12-15H2,2-4H3,(H,25,29)(H,26,28)/t18-,19+,20+/m1/s1. The molecule has 0 aliphatic carbocycles. The van der Waals surface area contributed by atoms with Crippen molar-refractivity contribution < 1.29 is 23.9 Å². The number of ether oxygens (including phenoxy) is 1. The summed E-state index contributed by atoms with van der Waals surface area (Å²) in [6, 6.07) is 8.60. The van der Waals surface area contributed by atoms with Gasteiger partial charge in [0.25, 0.3) is 0 Å². The highest BCUT2D eigenvalue weighted by Crippen LogP contribution is 2.28. The summed E-state index contributed by atoms with van der Waals surface area (Å²) < 4.78 is 4.90. The fourth-order valence-corrected chi connectivity index (χ4v) is 3.88. The summed E-state index contributed by atoms with van der Waals surface area (Å²) in [6.07, 6.45) is 1.85. The van der Waals surface area contributed by atoms with Crippen LogP contribution in [0.4, 0.5) is 4.79 Å². The van der Waals surface area contributed by atoms with Crippen molar-refractivity contribution in [2.75, 3.05) is 20.2 Å². The van der Waals surface area contributed by atoms with Gasteiger partial charge in [0.1, 0.15) is 12.6 Å². The molecule has 3 atom stereocenters. The average Bonchev–Trinajstić information content (AvgIpc) is 3.21. The predicted molar refractivity (Wildman–Crippen MR) is 120 cm³/mol. The Morgan fingerprint density at radius 2 is 1.84 bits per heavy atom. The van der Waals surface area contributed by atoms with Crippen molar-refractivity contribution in [2.45, 2.75) is 39.2 Å².